The van der Waals surface area contributed by atoms with Gasteiger partial charge in [0.05, 0.1) is 5.11 Å². The summed E-state index contributed by atoms with van der Waals surface area (Å²) in [5, 5.41) is 56.7. The zero-order valence-corrected chi connectivity index (χ0v) is 11.2. The number of aliphatic imine (C=N–C) groups is 1. The number of carboxylic acid groups (broad SMARTS) is 1. The first-order valence-corrected chi connectivity index (χ1v) is 5.54. The minimum Gasteiger partial charge on any atom is -0.471 e. The van der Waals surface area contributed by atoms with Crippen LogP contribution in [0.1, 0.15) is 0 Å². The van der Waals surface area contributed by atoms with E-state index in [2.05, 4.69) is 20.5 Å². The van der Waals surface area contributed by atoms with Gasteiger partial charge in [-0.1, -0.05) is 0 Å². The van der Waals surface area contributed by atoms with E-state index in [9.17, 15) is 45.3 Å². The highest BCUT2D eigenvalue weighted by molar-refractivity contribution is 5.83. The van der Waals surface area contributed by atoms with Crippen LogP contribution in [0.4, 0.5) is 0 Å². The van der Waals surface area contributed by atoms with Crippen molar-refractivity contribution in [2.45, 2.75) is 11.4 Å². The Bertz CT molecular complexity index is 649. The van der Waals surface area contributed by atoms with Crippen LogP contribution in [0.25, 0.3) is 0 Å². The molecular formula is C6H6N8O10. The number of hydrogen-bond donors (Lipinski definition) is 2. The van der Waals surface area contributed by atoms with Crippen LogP contribution in [-0.2, 0) is 4.79 Å². The van der Waals surface area contributed by atoms with Crippen LogP contribution in [-0.4, -0.2) is 61.3 Å². The number of hydrogen-bond acceptors (Lipinski definition) is 13. The fourth-order valence-electron chi connectivity index (χ4n) is 1.30. The van der Waals surface area contributed by atoms with Crippen molar-refractivity contribution in [1.82, 2.24) is 5.32 Å². The Kier molecular flexibility index (Phi) is 4.74. The topological polar surface area (TPSA) is 259 Å². The van der Waals surface area contributed by atoms with Crippen LogP contribution >= 0.6 is 0 Å². The van der Waals surface area contributed by atoms with Crippen LogP contribution in [0.2, 0.25) is 0 Å². The highest BCUT2D eigenvalue weighted by atomic mass is 16.7. The van der Waals surface area contributed by atoms with Gasteiger partial charge in [-0.05, 0) is 4.92 Å². The van der Waals surface area contributed by atoms with Gasteiger partial charge < -0.3 is 15.2 Å². The van der Waals surface area contributed by atoms with Crippen molar-refractivity contribution in [3.63, 3.8) is 0 Å². The molecule has 130 valence electrons. The summed E-state index contributed by atoms with van der Waals surface area (Å²) in [6, 6.07) is 0. The smallest absolute Gasteiger partial charge is 0.471 e. The van der Waals surface area contributed by atoms with Crippen LogP contribution in [0.3, 0.4) is 0 Å². The lowest BCUT2D eigenvalue weighted by Crippen LogP contribution is -2.68. The first-order valence-electron chi connectivity index (χ1n) is 5.54. The summed E-state index contributed by atoms with van der Waals surface area (Å²) in [5.41, 5.74) is -1.94. The van der Waals surface area contributed by atoms with Gasteiger partial charge in [0.2, 0.25) is 0 Å². The first kappa shape index (κ1) is 18.3. The molecule has 2 heterocycles. The molecule has 1 unspecified atom stereocenters. The molecule has 2 aliphatic rings. The van der Waals surface area contributed by atoms with Crippen molar-refractivity contribution < 1.29 is 29.6 Å². The van der Waals surface area contributed by atoms with Crippen molar-refractivity contribution >= 4 is 11.9 Å². The molecule has 1 saturated heterocycles. The SMILES string of the molecule is O=C(O)C1([N+](=O)[O-])N=NC([N+](=O)[O-])=N1.O=[N+]([O-])C1([N+](=O)[O-])CNC1. The molecule has 0 saturated carbocycles. The molecule has 2 N–H and O–H groups in total. The Morgan fingerprint density at radius 2 is 1.54 bits per heavy atom. The summed E-state index contributed by atoms with van der Waals surface area (Å²) >= 11 is 0. The van der Waals surface area contributed by atoms with E-state index in [0.717, 1.165) is 0 Å². The van der Waals surface area contributed by atoms with E-state index in [1.807, 2.05) is 0 Å². The molecule has 0 spiro atoms. The molecule has 18 nitrogen and oxygen atoms in total. The Labute approximate surface area is 128 Å². The largest absolute Gasteiger partial charge is 0.596 e. The Morgan fingerprint density at radius 3 is 1.67 bits per heavy atom. The Morgan fingerprint density at radius 1 is 1.04 bits per heavy atom. The molecular weight excluding hydrogens is 344 g/mol. The van der Waals surface area contributed by atoms with Crippen LogP contribution in [0.5, 0.6) is 0 Å². The number of guanidine groups is 1. The maximum atomic E-state index is 10.4. The zero-order valence-electron chi connectivity index (χ0n) is 11.2. The molecule has 0 bridgehead atoms. The van der Waals surface area contributed by atoms with E-state index in [-0.39, 0.29) is 13.1 Å². The average molecular weight is 350 g/mol. The monoisotopic (exact) mass is 350 g/mol. The fraction of sp³-hybridized carbons (Fsp3) is 0.667. The lowest BCUT2D eigenvalue weighted by atomic mass is 10.1. The fourth-order valence-corrected chi connectivity index (χ4v) is 1.30. The third-order valence-electron chi connectivity index (χ3n) is 2.74. The Hall–Kier alpha value is -3.70. The molecule has 0 radical (unpaired) electrons. The quantitative estimate of drug-likeness (QED) is 0.316. The molecule has 0 aliphatic carbocycles. The van der Waals surface area contributed by atoms with E-state index in [4.69, 9.17) is 5.11 Å². The van der Waals surface area contributed by atoms with Crippen molar-refractivity contribution in [3.8, 4) is 0 Å². The molecule has 1 atom stereocenters. The van der Waals surface area contributed by atoms with Crippen molar-refractivity contribution in [1.29, 1.82) is 0 Å². The van der Waals surface area contributed by atoms with E-state index < -0.39 is 43.1 Å². The van der Waals surface area contributed by atoms with Gasteiger partial charge in [0.1, 0.15) is 27.9 Å². The van der Waals surface area contributed by atoms with Gasteiger partial charge in [0, 0.05) is 10.1 Å². The summed E-state index contributed by atoms with van der Waals surface area (Å²) in [4.78, 5) is 49.3. The third kappa shape index (κ3) is 2.92. The minimum absolute atomic E-state index is 0.174. The summed E-state index contributed by atoms with van der Waals surface area (Å²) in [5.74, 6) is -6.35. The van der Waals surface area contributed by atoms with Gasteiger partial charge in [-0.25, -0.2) is 4.79 Å². The molecule has 1 fully saturated rings. The van der Waals surface area contributed by atoms with E-state index >= 15 is 0 Å². The number of nitrogens with zero attached hydrogens (tertiary/aromatic N) is 7. The van der Waals surface area contributed by atoms with E-state index in [1.165, 1.54) is 0 Å². The summed E-state index contributed by atoms with van der Waals surface area (Å²) < 4.78 is 0. The molecule has 2 aliphatic heterocycles. The standard InChI is InChI=1S/C3HN5O6.C3H5N3O4/c9-1(10)3(8(13)14)4-2(5-6-3)7(11)12;7-5(8)3(6(9)10)1-4-2-3/h(H,9,10);4H,1-2H2. The zero-order chi connectivity index (χ0) is 18.7. The average Bonchev–Trinajstić information content (AvgIpc) is 2.83. The van der Waals surface area contributed by atoms with Crippen molar-refractivity contribution in [2.24, 2.45) is 15.2 Å². The number of carbonyl (C=O) groups is 1. The molecule has 0 aromatic rings. The predicted molar refractivity (Wildman–Crippen MR) is 66.2 cm³/mol. The van der Waals surface area contributed by atoms with Crippen molar-refractivity contribution in [2.75, 3.05) is 13.1 Å². The summed E-state index contributed by atoms with van der Waals surface area (Å²) in [7, 11) is 0. The van der Waals surface area contributed by atoms with Gasteiger partial charge in [-0.15, -0.1) is 0 Å². The number of carboxylic acids is 1. The second-order valence-electron chi connectivity index (χ2n) is 4.17. The molecule has 0 aromatic carbocycles. The van der Waals surface area contributed by atoms with Gasteiger partial charge >= 0.3 is 23.4 Å². The van der Waals surface area contributed by atoms with E-state index in [0.29, 0.717) is 0 Å². The van der Waals surface area contributed by atoms with Crippen LogP contribution in [0, 0.1) is 40.5 Å². The molecule has 24 heavy (non-hydrogen) atoms. The summed E-state index contributed by atoms with van der Waals surface area (Å²) in [6.07, 6.45) is 0. The Balaban J connectivity index is 0.000000254. The van der Waals surface area contributed by atoms with Gasteiger partial charge in [0.15, 0.2) is 0 Å². The van der Waals surface area contributed by atoms with Crippen LogP contribution < -0.4 is 5.32 Å². The second kappa shape index (κ2) is 6.20. The maximum Gasteiger partial charge on any atom is 0.596 e. The van der Waals surface area contributed by atoms with E-state index in [1.54, 1.807) is 0 Å². The molecule has 0 amide bonds. The summed E-state index contributed by atoms with van der Waals surface area (Å²) in [6.45, 7) is -0.347. The first-order chi connectivity index (χ1) is 11.0. The lowest BCUT2D eigenvalue weighted by Gasteiger charge is -2.24. The van der Waals surface area contributed by atoms with Gasteiger partial charge in [-0.2, -0.15) is 0 Å². The van der Waals surface area contributed by atoms with Crippen LogP contribution in [0.15, 0.2) is 15.2 Å². The predicted octanol–water partition coefficient (Wildman–Crippen LogP) is -2.06. The highest BCUT2D eigenvalue weighted by Crippen LogP contribution is 2.21. The number of rotatable bonds is 4. The number of azo groups is 1. The number of nitrogens with one attached hydrogen (secondary N) is 1. The third-order valence-corrected chi connectivity index (χ3v) is 2.74. The molecule has 0 aromatic heterocycles. The van der Waals surface area contributed by atoms with Gasteiger partial charge in [0.25, 0.3) is 0 Å². The second-order valence-corrected chi connectivity index (χ2v) is 4.17. The van der Waals surface area contributed by atoms with Crippen molar-refractivity contribution in [3.05, 3.63) is 40.5 Å². The normalized spacial score (nSPS) is 23.1. The lowest BCUT2D eigenvalue weighted by molar-refractivity contribution is -0.802. The molecule has 18 heteroatoms. The number of nitro groups is 4. The molecule has 2 rings (SSSR count). The maximum absolute atomic E-state index is 10.4. The highest BCUT2D eigenvalue weighted by Gasteiger charge is 2.64. The minimum atomic E-state index is -3.11. The number of aliphatic carboxylic acids is 1. The van der Waals surface area contributed by atoms with Gasteiger partial charge in [-0.3, -0.25) is 35.7 Å².